The van der Waals surface area contributed by atoms with E-state index in [1.54, 1.807) is 0 Å². The largest absolute Gasteiger partial charge is 3.00 e. The molecule has 0 aromatic heterocycles. The molecule has 0 heterocycles. The fourth-order valence-electron chi connectivity index (χ4n) is 0. The summed E-state index contributed by atoms with van der Waals surface area (Å²) in [5, 5.41) is 88.5. The van der Waals surface area contributed by atoms with Gasteiger partial charge in [-0.3, -0.25) is 0 Å². The third kappa shape index (κ3) is 6530. The predicted octanol–water partition coefficient (Wildman–Crippen LogP) is -11.3. The van der Waals surface area contributed by atoms with E-state index in [1.807, 2.05) is 0 Å². The SMILES string of the molecule is O.O.O.O.O.O.O.O.O.O.O.O.O=[N+]([O-])[O-].O=[N+]([O-])[O-].O=[N+]([O-])[O-].O=[N+]([O-])[O-].O=[N+]([O-])[O-].O=[N+]([O-])[O-].[Eu+3].[Nd+3]. The molecule has 245 valence electrons. The smallest absolute Gasteiger partial charge is 0.412 e. The molecule has 0 aliphatic carbocycles. The van der Waals surface area contributed by atoms with Gasteiger partial charge in [-0.25, -0.2) is 0 Å². The maximum Gasteiger partial charge on any atom is 3.00 e. The second-order valence-electron chi connectivity index (χ2n) is 1.34. The van der Waals surface area contributed by atoms with E-state index in [-0.39, 0.29) is 156 Å². The van der Waals surface area contributed by atoms with Gasteiger partial charge in [-0.2, -0.15) is 0 Å². The second kappa shape index (κ2) is 160. The van der Waals surface area contributed by atoms with Crippen molar-refractivity contribution in [1.82, 2.24) is 0 Å². The van der Waals surface area contributed by atoms with Gasteiger partial charge in [0.15, 0.2) is 0 Å². The summed E-state index contributed by atoms with van der Waals surface area (Å²) in [7, 11) is 0. The molecule has 0 saturated carbocycles. The van der Waals surface area contributed by atoms with E-state index in [0.29, 0.717) is 0 Å². The van der Waals surface area contributed by atoms with Crippen LogP contribution >= 0.6 is 0 Å². The quantitative estimate of drug-likeness (QED) is 0.161. The van der Waals surface area contributed by atoms with Crippen molar-refractivity contribution >= 4 is 0 Å². The standard InChI is InChI=1S/Eu.6NO3.Nd.12H2O/c;6*2-1(3)4;;;;;;;;;;;;;/h;;;;;;;;12*1H2/q+3;6*-1;+3;;;;;;;;;;;;. The van der Waals surface area contributed by atoms with Gasteiger partial charge in [0, 0.05) is 0 Å². The van der Waals surface area contributed by atoms with Crippen molar-refractivity contribution < 1.29 is 186 Å². The van der Waals surface area contributed by atoms with Crippen LogP contribution in [0.5, 0.6) is 0 Å². The summed E-state index contributed by atoms with van der Waals surface area (Å²) < 4.78 is 0. The molecule has 0 fully saturated rings. The van der Waals surface area contributed by atoms with Crippen LogP contribution in [0.2, 0.25) is 0 Å². The van der Waals surface area contributed by atoms with Crippen molar-refractivity contribution in [3.05, 3.63) is 91.9 Å². The summed E-state index contributed by atoms with van der Waals surface area (Å²) >= 11 is 0. The van der Waals surface area contributed by atoms with Crippen molar-refractivity contribution in [2.24, 2.45) is 0 Å². The Hall–Kier alpha value is -2.34. The maximum atomic E-state index is 8.25. The first-order chi connectivity index (χ1) is 10.4. The van der Waals surface area contributed by atoms with Crippen LogP contribution < -0.4 is 0 Å². The third-order valence-corrected chi connectivity index (χ3v) is 0. The van der Waals surface area contributed by atoms with Gasteiger partial charge < -0.3 is 158 Å². The van der Waals surface area contributed by atoms with Crippen LogP contribution in [0.15, 0.2) is 0 Å². The Balaban J connectivity index is -0.00000000529. The minimum atomic E-state index is -1.75. The van der Waals surface area contributed by atoms with Crippen LogP contribution in [0.25, 0.3) is 0 Å². The van der Waals surface area contributed by atoms with Crippen LogP contribution in [0.1, 0.15) is 0 Å². The molecule has 0 atom stereocenters. The van der Waals surface area contributed by atoms with Crippen LogP contribution in [0.3, 0.4) is 0 Å². The summed E-state index contributed by atoms with van der Waals surface area (Å²) in [5.41, 5.74) is 0. The summed E-state index contributed by atoms with van der Waals surface area (Å²) in [6, 6.07) is 0. The van der Waals surface area contributed by atoms with Crippen LogP contribution in [0.4, 0.5) is 0 Å². The average Bonchev–Trinajstić information content (AvgIpc) is 2.08. The van der Waals surface area contributed by atoms with Gasteiger partial charge in [0.25, 0.3) is 0 Å². The first-order valence-corrected chi connectivity index (χ1v) is 3.29. The second-order valence-corrected chi connectivity index (χ2v) is 1.34. The number of hydrogen-bond donors (Lipinski definition) is 0. The first-order valence-electron chi connectivity index (χ1n) is 3.29. The van der Waals surface area contributed by atoms with E-state index in [2.05, 4.69) is 0 Å². The van der Waals surface area contributed by atoms with Gasteiger partial charge in [0.05, 0.1) is 30.5 Å². The molecule has 0 bridgehead atoms. The van der Waals surface area contributed by atoms with Gasteiger partial charge in [0.1, 0.15) is 0 Å². The van der Waals surface area contributed by atoms with Crippen LogP contribution in [-0.2, 0) is 0 Å². The van der Waals surface area contributed by atoms with Gasteiger partial charge in [-0.15, -0.1) is 0 Å². The zero-order valence-electron chi connectivity index (χ0n) is 16.9. The number of hydrogen-bond acceptors (Lipinski definition) is 18. The van der Waals surface area contributed by atoms with E-state index in [4.69, 9.17) is 91.9 Å². The van der Waals surface area contributed by atoms with Crippen LogP contribution in [0, 0.1) is 182 Å². The monoisotopic (exact) mass is 883 g/mol. The Morgan fingerprint density at radius 1 is 0.237 bits per heavy atom. The summed E-state index contributed by atoms with van der Waals surface area (Å²) in [4.78, 5) is 49.5. The Morgan fingerprint density at radius 2 is 0.237 bits per heavy atom. The molecule has 24 N–H and O–H groups in total. The zero-order chi connectivity index (χ0) is 21.5. The molecule has 0 saturated heterocycles. The Labute approximate surface area is 276 Å². The van der Waals surface area contributed by atoms with E-state index < -0.39 is 30.5 Å². The molecular formula is H24EuN6NdO30. The molecule has 1 radical (unpaired) electrons. The molecule has 38 heavy (non-hydrogen) atoms. The van der Waals surface area contributed by atoms with E-state index in [9.17, 15) is 0 Å². The molecule has 0 aliphatic rings. The van der Waals surface area contributed by atoms with E-state index in [1.165, 1.54) is 0 Å². The first kappa shape index (κ1) is 175. The molecule has 0 aromatic carbocycles. The molecule has 36 nitrogen and oxygen atoms in total. The predicted molar refractivity (Wildman–Crippen MR) is 106 cm³/mol. The van der Waals surface area contributed by atoms with Crippen LogP contribution in [-0.4, -0.2) is 96.2 Å². The molecule has 0 amide bonds. The van der Waals surface area contributed by atoms with Gasteiger partial charge in [-0.1, -0.05) is 0 Å². The molecule has 0 unspecified atom stereocenters. The Morgan fingerprint density at radius 3 is 0.237 bits per heavy atom. The zero-order valence-corrected chi connectivity index (χ0v) is 22.5. The number of nitrogens with zero attached hydrogens (tertiary/aromatic N) is 6. The van der Waals surface area contributed by atoms with Gasteiger partial charge in [-0.05, 0) is 0 Å². The van der Waals surface area contributed by atoms with Crippen molar-refractivity contribution in [2.75, 3.05) is 0 Å². The Bertz CT molecular complexity index is 268. The summed E-state index contributed by atoms with van der Waals surface area (Å²) in [5.74, 6) is 0. The summed E-state index contributed by atoms with van der Waals surface area (Å²) in [6.07, 6.45) is 0. The van der Waals surface area contributed by atoms with E-state index >= 15 is 0 Å². The third-order valence-electron chi connectivity index (χ3n) is 0. The summed E-state index contributed by atoms with van der Waals surface area (Å²) in [6.45, 7) is 0. The van der Waals surface area contributed by atoms with E-state index in [0.717, 1.165) is 0 Å². The molecule has 0 rings (SSSR count). The Kier molecular flexibility index (Phi) is 736. The average molecular weight is 884 g/mol. The fraction of sp³-hybridized carbons (Fsp3) is 0. The maximum absolute atomic E-state index is 8.25. The molecular weight excluding hydrogens is 860 g/mol. The topological polar surface area (TPSA) is 775 Å². The fourth-order valence-corrected chi connectivity index (χ4v) is 0. The van der Waals surface area contributed by atoms with Gasteiger partial charge >= 0.3 is 90.2 Å². The van der Waals surface area contributed by atoms with Gasteiger partial charge in [0.2, 0.25) is 0 Å². The molecule has 0 aromatic rings. The molecule has 0 spiro atoms. The van der Waals surface area contributed by atoms with Crippen molar-refractivity contribution in [3.63, 3.8) is 0 Å². The normalized spacial score (nSPS) is 3.79. The molecule has 38 heteroatoms. The minimum absolute atomic E-state index is 0. The number of rotatable bonds is 0. The molecule has 0 aliphatic heterocycles. The van der Waals surface area contributed by atoms with Crippen molar-refractivity contribution in [3.8, 4) is 0 Å². The minimum Gasteiger partial charge on any atom is -0.412 e. The van der Waals surface area contributed by atoms with Crippen molar-refractivity contribution in [1.29, 1.82) is 0 Å². The van der Waals surface area contributed by atoms with Crippen molar-refractivity contribution in [2.45, 2.75) is 0 Å².